The fraction of sp³-hybridized carbons (Fsp3) is 0.282. The molecule has 5 N–H and O–H groups in total. The van der Waals surface area contributed by atoms with Gasteiger partial charge in [0.1, 0.15) is 6.33 Å². The minimum Gasteiger partial charge on any atom is -0.397 e. The number of carbonyl (C=O) groups is 2. The lowest BCUT2D eigenvalue weighted by Gasteiger charge is -2.36. The number of hydrogen-bond acceptors (Lipinski definition) is 9. The van der Waals surface area contributed by atoms with E-state index in [2.05, 4.69) is 20.8 Å². The van der Waals surface area contributed by atoms with Crippen LogP contribution >= 0.6 is 11.8 Å². The highest BCUT2D eigenvalue weighted by molar-refractivity contribution is 7.99. The Kier molecular flexibility index (Phi) is 12.1. The standard InChI is InChI=1S/C39H42N6O5S/c1-45-25-42-44-39(45)51-24-31-21-35(28-15-13-26(23-46)14-16-28)50-38(49-31)29-19-17-27(18-20-29)32-8-3-2-7-30(32)22-41-36(47)11-6-12-37(48)43-34-10-5-4-9-33(34)40/h2-5,7-10,13-20,25,31,35,38,46H,6,11-12,21-24,40H2,1H3,(H,41,47)(H,43,48). The first kappa shape index (κ1) is 35.8. The molecule has 264 valence electrons. The van der Waals surface area contributed by atoms with E-state index in [0.29, 0.717) is 36.5 Å². The summed E-state index contributed by atoms with van der Waals surface area (Å²) in [5.41, 5.74) is 12.7. The lowest BCUT2D eigenvalue weighted by molar-refractivity contribution is -0.245. The van der Waals surface area contributed by atoms with Gasteiger partial charge in [0.15, 0.2) is 11.4 Å². The van der Waals surface area contributed by atoms with Gasteiger partial charge in [-0.1, -0.05) is 96.7 Å². The highest BCUT2D eigenvalue weighted by Gasteiger charge is 2.32. The summed E-state index contributed by atoms with van der Waals surface area (Å²) >= 11 is 1.60. The first-order valence-electron chi connectivity index (χ1n) is 16.9. The summed E-state index contributed by atoms with van der Waals surface area (Å²) in [7, 11) is 1.92. The zero-order valence-corrected chi connectivity index (χ0v) is 29.2. The number of carbonyl (C=O) groups excluding carboxylic acids is 2. The van der Waals surface area contributed by atoms with Crippen molar-refractivity contribution < 1.29 is 24.2 Å². The Hall–Kier alpha value is -5.01. The van der Waals surface area contributed by atoms with Crippen molar-refractivity contribution in [2.75, 3.05) is 16.8 Å². The van der Waals surface area contributed by atoms with E-state index >= 15 is 0 Å². The third-order valence-electron chi connectivity index (χ3n) is 8.71. The van der Waals surface area contributed by atoms with Crippen LogP contribution < -0.4 is 16.4 Å². The van der Waals surface area contributed by atoms with Gasteiger partial charge in [-0.2, -0.15) is 0 Å². The molecule has 2 amide bonds. The summed E-state index contributed by atoms with van der Waals surface area (Å²) < 4.78 is 14.9. The average Bonchev–Trinajstić information content (AvgIpc) is 3.58. The second-order valence-electron chi connectivity index (χ2n) is 12.4. The summed E-state index contributed by atoms with van der Waals surface area (Å²) in [5.74, 6) is 0.387. The van der Waals surface area contributed by atoms with Crippen LogP contribution in [0.25, 0.3) is 11.1 Å². The Morgan fingerprint density at radius 1 is 0.922 bits per heavy atom. The van der Waals surface area contributed by atoms with E-state index in [1.165, 1.54) is 0 Å². The first-order valence-corrected chi connectivity index (χ1v) is 17.9. The van der Waals surface area contributed by atoms with Crippen LogP contribution in [0.5, 0.6) is 0 Å². The minimum atomic E-state index is -0.581. The van der Waals surface area contributed by atoms with E-state index < -0.39 is 6.29 Å². The molecule has 12 heteroatoms. The normalized spacial score (nSPS) is 17.2. The smallest absolute Gasteiger partial charge is 0.224 e. The van der Waals surface area contributed by atoms with Gasteiger partial charge >= 0.3 is 0 Å². The molecule has 11 nitrogen and oxygen atoms in total. The van der Waals surface area contributed by atoms with Crippen molar-refractivity contribution in [3.8, 4) is 11.1 Å². The predicted octanol–water partition coefficient (Wildman–Crippen LogP) is 6.32. The second kappa shape index (κ2) is 17.3. The topological polar surface area (TPSA) is 154 Å². The van der Waals surface area contributed by atoms with Crippen molar-refractivity contribution in [2.45, 2.75) is 62.5 Å². The van der Waals surface area contributed by atoms with Crippen molar-refractivity contribution in [1.82, 2.24) is 20.1 Å². The van der Waals surface area contributed by atoms with E-state index in [1.807, 2.05) is 84.4 Å². The number of nitrogens with one attached hydrogen (secondary N) is 2. The van der Waals surface area contributed by atoms with Gasteiger partial charge < -0.3 is 35.5 Å². The number of anilines is 2. The van der Waals surface area contributed by atoms with E-state index in [0.717, 1.165) is 38.5 Å². The first-order chi connectivity index (χ1) is 24.9. The SMILES string of the molecule is Cn1cnnc1SCC1CC(c2ccc(CO)cc2)OC(c2ccc(-c3ccccc3CNC(=O)CCCC(=O)Nc3ccccc3N)cc2)O1. The maximum absolute atomic E-state index is 12.7. The Morgan fingerprint density at radius 3 is 2.39 bits per heavy atom. The zero-order valence-electron chi connectivity index (χ0n) is 28.4. The van der Waals surface area contributed by atoms with Crippen LogP contribution in [-0.4, -0.2) is 43.5 Å². The number of nitrogen functional groups attached to an aromatic ring is 1. The third kappa shape index (κ3) is 9.62. The molecule has 0 radical (unpaired) electrons. The van der Waals surface area contributed by atoms with Gasteiger partial charge in [0.25, 0.3) is 0 Å². The number of hydrogen-bond donors (Lipinski definition) is 4. The molecule has 3 unspecified atom stereocenters. The number of para-hydroxylation sites is 2. The van der Waals surface area contributed by atoms with Gasteiger partial charge in [-0.25, -0.2) is 0 Å². The molecule has 0 bridgehead atoms. The molecule has 4 aromatic carbocycles. The van der Waals surface area contributed by atoms with Gasteiger partial charge in [0.05, 0.1) is 30.2 Å². The summed E-state index contributed by atoms with van der Waals surface area (Å²) in [6.07, 6.45) is 2.36. The fourth-order valence-electron chi connectivity index (χ4n) is 5.88. The Labute approximate surface area is 301 Å². The average molecular weight is 707 g/mol. The van der Waals surface area contributed by atoms with Crippen molar-refractivity contribution in [3.63, 3.8) is 0 Å². The zero-order chi connectivity index (χ0) is 35.6. The molecule has 5 aromatic rings. The van der Waals surface area contributed by atoms with E-state index in [4.69, 9.17) is 15.2 Å². The van der Waals surface area contributed by atoms with E-state index in [9.17, 15) is 14.7 Å². The fourth-order valence-corrected chi connectivity index (χ4v) is 6.79. The Morgan fingerprint density at radius 2 is 1.65 bits per heavy atom. The maximum atomic E-state index is 12.7. The molecule has 3 atom stereocenters. The van der Waals surface area contributed by atoms with Crippen molar-refractivity contribution >= 4 is 35.0 Å². The molecule has 1 saturated heterocycles. The molecule has 1 aliphatic rings. The van der Waals surface area contributed by atoms with Crippen LogP contribution in [0.3, 0.4) is 0 Å². The molecule has 0 spiro atoms. The Bertz CT molecular complexity index is 1920. The number of rotatable bonds is 14. The number of aryl methyl sites for hydroxylation is 1. The van der Waals surface area contributed by atoms with Gasteiger partial charge in [0.2, 0.25) is 11.8 Å². The maximum Gasteiger partial charge on any atom is 0.224 e. The molecule has 6 rings (SSSR count). The molecule has 51 heavy (non-hydrogen) atoms. The lowest BCUT2D eigenvalue weighted by Crippen LogP contribution is -2.31. The highest BCUT2D eigenvalue weighted by Crippen LogP contribution is 2.40. The number of nitrogens with zero attached hydrogens (tertiary/aromatic N) is 3. The molecule has 0 saturated carbocycles. The quantitative estimate of drug-likeness (QED) is 0.0768. The summed E-state index contributed by atoms with van der Waals surface area (Å²) in [4.78, 5) is 25.0. The molecule has 1 aliphatic heterocycles. The van der Waals surface area contributed by atoms with Crippen molar-refractivity contribution in [3.05, 3.63) is 126 Å². The number of benzene rings is 4. The van der Waals surface area contributed by atoms with Crippen LogP contribution in [0, 0.1) is 0 Å². The van der Waals surface area contributed by atoms with E-state index in [-0.39, 0.29) is 43.5 Å². The molecule has 1 aromatic heterocycles. The van der Waals surface area contributed by atoms with Crippen molar-refractivity contribution in [1.29, 1.82) is 0 Å². The van der Waals surface area contributed by atoms with Crippen LogP contribution in [0.4, 0.5) is 11.4 Å². The van der Waals surface area contributed by atoms with E-state index in [1.54, 1.807) is 42.4 Å². The van der Waals surface area contributed by atoms with Gasteiger partial charge in [0, 0.05) is 44.2 Å². The molecule has 2 heterocycles. The number of nitrogens with two attached hydrogens (primary N) is 1. The number of amides is 2. The second-order valence-corrected chi connectivity index (χ2v) is 13.4. The molecular formula is C39H42N6O5S. The molecule has 0 aliphatic carbocycles. The Balaban J connectivity index is 1.07. The number of thioether (sulfide) groups is 1. The molecule has 1 fully saturated rings. The highest BCUT2D eigenvalue weighted by atomic mass is 32.2. The lowest BCUT2D eigenvalue weighted by atomic mass is 9.97. The number of aliphatic hydroxyl groups is 1. The predicted molar refractivity (Wildman–Crippen MR) is 197 cm³/mol. The van der Waals surface area contributed by atoms with Crippen LogP contribution in [0.1, 0.15) is 60.3 Å². The number of aromatic nitrogens is 3. The summed E-state index contributed by atoms with van der Waals surface area (Å²) in [5, 5.41) is 24.3. The third-order valence-corrected chi connectivity index (χ3v) is 9.88. The molecular weight excluding hydrogens is 665 g/mol. The van der Waals surface area contributed by atoms with Crippen LogP contribution in [0.15, 0.2) is 109 Å². The van der Waals surface area contributed by atoms with Crippen LogP contribution in [-0.2, 0) is 39.3 Å². The van der Waals surface area contributed by atoms with Crippen molar-refractivity contribution in [2.24, 2.45) is 7.05 Å². The summed E-state index contributed by atoms with van der Waals surface area (Å²) in [6.45, 7) is 0.350. The van der Waals surface area contributed by atoms with Gasteiger partial charge in [-0.05, 0) is 46.4 Å². The monoisotopic (exact) mass is 706 g/mol. The number of ether oxygens (including phenoxy) is 2. The van der Waals surface area contributed by atoms with Crippen LogP contribution in [0.2, 0.25) is 0 Å². The number of aliphatic hydroxyl groups excluding tert-OH is 1. The largest absolute Gasteiger partial charge is 0.397 e. The van der Waals surface area contributed by atoms with Gasteiger partial charge in [-0.15, -0.1) is 10.2 Å². The van der Waals surface area contributed by atoms with Gasteiger partial charge in [-0.3, -0.25) is 9.59 Å². The minimum absolute atomic E-state index is 0.0113. The summed E-state index contributed by atoms with van der Waals surface area (Å²) in [6, 6.07) is 31.0.